The van der Waals surface area contributed by atoms with E-state index in [0.29, 0.717) is 13.0 Å². The van der Waals surface area contributed by atoms with Crippen molar-refractivity contribution >= 4 is 28.4 Å². The van der Waals surface area contributed by atoms with Crippen molar-refractivity contribution in [3.8, 4) is 0 Å². The molecule has 0 spiro atoms. The van der Waals surface area contributed by atoms with Gasteiger partial charge in [0.15, 0.2) is 5.82 Å². The minimum atomic E-state index is -0.972. The Hall–Kier alpha value is -0.500. The lowest BCUT2D eigenvalue weighted by Crippen LogP contribution is -2.48. The molecule has 6 heteroatoms. The van der Waals surface area contributed by atoms with E-state index >= 15 is 0 Å². The molecule has 4 nitrogen and oxygen atoms in total. The van der Waals surface area contributed by atoms with E-state index in [1.54, 1.807) is 0 Å². The lowest BCUT2D eigenvalue weighted by molar-refractivity contribution is 0.250. The smallest absolute Gasteiger partial charge is 0.151 e. The fourth-order valence-electron chi connectivity index (χ4n) is 1.61. The Balaban J connectivity index is 2.08. The Kier molecular flexibility index (Phi) is 3.35. The molecule has 1 fully saturated rings. The summed E-state index contributed by atoms with van der Waals surface area (Å²) < 4.78 is 14.2. The van der Waals surface area contributed by atoms with E-state index < -0.39 is 6.17 Å². The highest BCUT2D eigenvalue weighted by Crippen LogP contribution is 2.18. The normalized spacial score (nSPS) is 26.7. The first-order valence-electron chi connectivity index (χ1n) is 4.80. The summed E-state index contributed by atoms with van der Waals surface area (Å²) in [5.74, 6) is 0.727. The SMILES string of the molecule is N[C@@H]1CCN(c2ccc(I)nn2)C[C@H]1F. The van der Waals surface area contributed by atoms with Crippen LogP contribution in [0.5, 0.6) is 0 Å². The first-order chi connectivity index (χ1) is 7.16. The Morgan fingerprint density at radius 2 is 2.27 bits per heavy atom. The summed E-state index contributed by atoms with van der Waals surface area (Å²) in [6.07, 6.45) is -0.311. The highest BCUT2D eigenvalue weighted by molar-refractivity contribution is 14.1. The zero-order chi connectivity index (χ0) is 10.8. The molecule has 0 aliphatic carbocycles. The second-order valence-electron chi connectivity index (χ2n) is 3.63. The van der Waals surface area contributed by atoms with Crippen molar-refractivity contribution < 1.29 is 4.39 Å². The molecule has 82 valence electrons. The van der Waals surface area contributed by atoms with Crippen LogP contribution in [0.25, 0.3) is 0 Å². The maximum absolute atomic E-state index is 13.4. The lowest BCUT2D eigenvalue weighted by Gasteiger charge is -2.33. The fraction of sp³-hybridized carbons (Fsp3) is 0.556. The van der Waals surface area contributed by atoms with Gasteiger partial charge in [0.25, 0.3) is 0 Å². The van der Waals surface area contributed by atoms with E-state index in [1.807, 2.05) is 17.0 Å². The second-order valence-corrected chi connectivity index (χ2v) is 4.73. The number of hydrogen-bond acceptors (Lipinski definition) is 4. The Bertz CT molecular complexity index is 331. The van der Waals surface area contributed by atoms with Crippen LogP contribution in [0.15, 0.2) is 12.1 Å². The Morgan fingerprint density at radius 3 is 2.87 bits per heavy atom. The fourth-order valence-corrected chi connectivity index (χ4v) is 1.90. The van der Waals surface area contributed by atoms with E-state index in [9.17, 15) is 4.39 Å². The Morgan fingerprint density at radius 1 is 1.47 bits per heavy atom. The number of rotatable bonds is 1. The average Bonchev–Trinajstić information content (AvgIpc) is 2.23. The van der Waals surface area contributed by atoms with Gasteiger partial charge in [-0.15, -0.1) is 10.2 Å². The van der Waals surface area contributed by atoms with Crippen LogP contribution in [0.2, 0.25) is 0 Å². The van der Waals surface area contributed by atoms with Crippen LogP contribution >= 0.6 is 22.6 Å². The summed E-state index contributed by atoms with van der Waals surface area (Å²) in [6, 6.07) is 3.39. The van der Waals surface area contributed by atoms with Gasteiger partial charge in [0.05, 0.1) is 6.54 Å². The molecule has 2 atom stereocenters. The third-order valence-electron chi connectivity index (χ3n) is 2.53. The molecule has 0 radical (unpaired) electrons. The molecule has 1 aromatic heterocycles. The number of nitrogens with two attached hydrogens (primary N) is 1. The molecule has 2 N–H and O–H groups in total. The van der Waals surface area contributed by atoms with Gasteiger partial charge in [0.1, 0.15) is 9.87 Å². The molecule has 2 rings (SSSR count). The molecule has 1 aliphatic rings. The third kappa shape index (κ3) is 2.54. The van der Waals surface area contributed by atoms with Gasteiger partial charge in [-0.1, -0.05) is 0 Å². The predicted octanol–water partition coefficient (Wildman–Crippen LogP) is 0.957. The van der Waals surface area contributed by atoms with Crippen molar-refractivity contribution in [1.82, 2.24) is 10.2 Å². The van der Waals surface area contributed by atoms with E-state index in [-0.39, 0.29) is 6.04 Å². The van der Waals surface area contributed by atoms with Gasteiger partial charge < -0.3 is 10.6 Å². The van der Waals surface area contributed by atoms with Crippen molar-refractivity contribution in [2.45, 2.75) is 18.6 Å². The van der Waals surface area contributed by atoms with Crippen molar-refractivity contribution in [3.05, 3.63) is 15.8 Å². The van der Waals surface area contributed by atoms with Gasteiger partial charge in [-0.05, 0) is 41.1 Å². The molecule has 1 aliphatic heterocycles. The van der Waals surface area contributed by atoms with E-state index in [1.165, 1.54) is 0 Å². The number of alkyl halides is 1. The molecule has 1 saturated heterocycles. The number of nitrogens with zero attached hydrogens (tertiary/aromatic N) is 3. The standard InChI is InChI=1S/C9H12FIN4/c10-6-5-15(4-3-7(6)12)9-2-1-8(11)13-14-9/h1-2,6-7H,3-5,12H2/t6-,7-/m1/s1. The summed E-state index contributed by atoms with van der Waals surface area (Å²) in [5, 5.41) is 7.96. The van der Waals surface area contributed by atoms with Crippen LogP contribution < -0.4 is 10.6 Å². The van der Waals surface area contributed by atoms with Crippen LogP contribution in [-0.2, 0) is 0 Å². The third-order valence-corrected chi connectivity index (χ3v) is 3.11. The van der Waals surface area contributed by atoms with Gasteiger partial charge in [0, 0.05) is 12.6 Å². The zero-order valence-electron chi connectivity index (χ0n) is 8.11. The van der Waals surface area contributed by atoms with Crippen molar-refractivity contribution in [2.75, 3.05) is 18.0 Å². The molecule has 1 aromatic rings. The van der Waals surface area contributed by atoms with Gasteiger partial charge in [-0.25, -0.2) is 4.39 Å². The maximum atomic E-state index is 13.4. The number of piperidine rings is 1. The molecule has 2 heterocycles. The largest absolute Gasteiger partial charge is 0.352 e. The van der Waals surface area contributed by atoms with Gasteiger partial charge >= 0.3 is 0 Å². The maximum Gasteiger partial charge on any atom is 0.151 e. The van der Waals surface area contributed by atoms with E-state index in [4.69, 9.17) is 5.73 Å². The van der Waals surface area contributed by atoms with Gasteiger partial charge in [-0.3, -0.25) is 0 Å². The van der Waals surface area contributed by atoms with Crippen molar-refractivity contribution in [1.29, 1.82) is 0 Å². The number of hydrogen-bond donors (Lipinski definition) is 1. The quantitative estimate of drug-likeness (QED) is 0.783. The zero-order valence-corrected chi connectivity index (χ0v) is 10.3. The van der Waals surface area contributed by atoms with Crippen LogP contribution in [0.3, 0.4) is 0 Å². The van der Waals surface area contributed by atoms with Gasteiger partial charge in [-0.2, -0.15) is 0 Å². The van der Waals surface area contributed by atoms with Crippen molar-refractivity contribution in [3.63, 3.8) is 0 Å². The first-order valence-corrected chi connectivity index (χ1v) is 5.88. The minimum absolute atomic E-state index is 0.316. The number of aromatic nitrogens is 2. The second kappa shape index (κ2) is 4.56. The molecule has 0 saturated carbocycles. The van der Waals surface area contributed by atoms with Crippen LogP contribution in [0.4, 0.5) is 10.2 Å². The van der Waals surface area contributed by atoms with Crippen molar-refractivity contribution in [2.24, 2.45) is 5.73 Å². The topological polar surface area (TPSA) is 55.0 Å². The average molecular weight is 322 g/mol. The first kappa shape index (κ1) is 11.0. The van der Waals surface area contributed by atoms with E-state index in [0.717, 1.165) is 16.1 Å². The number of anilines is 1. The van der Waals surface area contributed by atoms with Gasteiger partial charge in [0.2, 0.25) is 0 Å². The predicted molar refractivity (Wildman–Crippen MR) is 64.5 cm³/mol. The number of halogens is 2. The monoisotopic (exact) mass is 322 g/mol. The summed E-state index contributed by atoms with van der Waals surface area (Å²) in [4.78, 5) is 1.89. The van der Waals surface area contributed by atoms with Crippen LogP contribution in [-0.4, -0.2) is 35.5 Å². The highest BCUT2D eigenvalue weighted by atomic mass is 127. The molecule has 0 aromatic carbocycles. The van der Waals surface area contributed by atoms with Crippen LogP contribution in [0.1, 0.15) is 6.42 Å². The summed E-state index contributed by atoms with van der Waals surface area (Å²) in [6.45, 7) is 1.06. The molecule has 0 amide bonds. The van der Waals surface area contributed by atoms with Crippen LogP contribution in [0, 0.1) is 3.70 Å². The summed E-state index contributed by atoms with van der Waals surface area (Å²) in [5.41, 5.74) is 5.60. The molecule has 0 bridgehead atoms. The lowest BCUT2D eigenvalue weighted by atomic mass is 10.0. The van der Waals surface area contributed by atoms with E-state index in [2.05, 4.69) is 32.8 Å². The molecular weight excluding hydrogens is 310 g/mol. The summed E-state index contributed by atoms with van der Waals surface area (Å²) in [7, 11) is 0. The Labute approximate surface area is 101 Å². The summed E-state index contributed by atoms with van der Waals surface area (Å²) >= 11 is 2.09. The molecular formula is C9H12FIN4. The molecule has 0 unspecified atom stereocenters. The minimum Gasteiger partial charge on any atom is -0.352 e. The highest BCUT2D eigenvalue weighted by Gasteiger charge is 2.26. The molecule has 15 heavy (non-hydrogen) atoms.